The molecule has 0 aliphatic carbocycles. The smallest absolute Gasteiger partial charge is 0.120 e. The Morgan fingerprint density at radius 1 is 1.38 bits per heavy atom. The molecule has 0 aliphatic heterocycles. The van der Waals surface area contributed by atoms with Crippen molar-refractivity contribution in [2.75, 3.05) is 13.7 Å². The van der Waals surface area contributed by atoms with E-state index in [2.05, 4.69) is 35.1 Å². The molecule has 0 spiro atoms. The first-order valence-electron chi connectivity index (χ1n) is 5.69. The molecule has 0 saturated heterocycles. The SMILES string of the molecule is CNC(C)C(C)CCOc1cccc(Br)c1. The minimum atomic E-state index is 0.533. The molecule has 0 aliphatic rings. The van der Waals surface area contributed by atoms with Crippen molar-refractivity contribution in [2.24, 2.45) is 5.92 Å². The van der Waals surface area contributed by atoms with Gasteiger partial charge in [0.05, 0.1) is 6.61 Å². The molecule has 16 heavy (non-hydrogen) atoms. The minimum Gasteiger partial charge on any atom is -0.494 e. The number of benzene rings is 1. The Balaban J connectivity index is 2.30. The molecule has 0 amide bonds. The van der Waals surface area contributed by atoms with E-state index < -0.39 is 0 Å². The standard InChI is InChI=1S/C13H20BrNO/c1-10(11(2)15-3)7-8-16-13-6-4-5-12(14)9-13/h4-6,9-11,15H,7-8H2,1-3H3. The topological polar surface area (TPSA) is 21.3 Å². The highest BCUT2D eigenvalue weighted by Crippen LogP contribution is 2.18. The third-order valence-electron chi connectivity index (χ3n) is 2.95. The van der Waals surface area contributed by atoms with Gasteiger partial charge in [0.2, 0.25) is 0 Å². The third kappa shape index (κ3) is 4.54. The maximum Gasteiger partial charge on any atom is 0.120 e. The summed E-state index contributed by atoms with van der Waals surface area (Å²) in [5.74, 6) is 1.55. The average molecular weight is 286 g/mol. The molecule has 0 saturated carbocycles. The van der Waals surface area contributed by atoms with Crippen LogP contribution in [0.1, 0.15) is 20.3 Å². The quantitative estimate of drug-likeness (QED) is 0.864. The van der Waals surface area contributed by atoms with Gasteiger partial charge in [-0.1, -0.05) is 28.9 Å². The number of ether oxygens (including phenoxy) is 1. The van der Waals surface area contributed by atoms with E-state index in [4.69, 9.17) is 4.74 Å². The van der Waals surface area contributed by atoms with Crippen LogP contribution in [0.4, 0.5) is 0 Å². The third-order valence-corrected chi connectivity index (χ3v) is 3.44. The minimum absolute atomic E-state index is 0.533. The Bertz CT molecular complexity index is 317. The van der Waals surface area contributed by atoms with Gasteiger partial charge >= 0.3 is 0 Å². The Kier molecular flexibility index (Phi) is 5.85. The Morgan fingerprint density at radius 3 is 2.75 bits per heavy atom. The predicted octanol–water partition coefficient (Wildman–Crippen LogP) is 3.46. The summed E-state index contributed by atoms with van der Waals surface area (Å²) in [6.07, 6.45) is 1.06. The van der Waals surface area contributed by atoms with Crippen molar-refractivity contribution < 1.29 is 4.74 Å². The summed E-state index contributed by atoms with van der Waals surface area (Å²) in [4.78, 5) is 0. The van der Waals surface area contributed by atoms with Crippen molar-refractivity contribution in [1.82, 2.24) is 5.32 Å². The first-order chi connectivity index (χ1) is 7.63. The maximum absolute atomic E-state index is 5.69. The van der Waals surface area contributed by atoms with Gasteiger partial charge in [0.15, 0.2) is 0 Å². The van der Waals surface area contributed by atoms with Gasteiger partial charge < -0.3 is 10.1 Å². The monoisotopic (exact) mass is 285 g/mol. The van der Waals surface area contributed by atoms with Gasteiger partial charge in [-0.15, -0.1) is 0 Å². The molecule has 2 atom stereocenters. The fraction of sp³-hybridized carbons (Fsp3) is 0.538. The number of halogens is 1. The van der Waals surface area contributed by atoms with Crippen LogP contribution in [0.25, 0.3) is 0 Å². The van der Waals surface area contributed by atoms with Crippen molar-refractivity contribution in [3.8, 4) is 5.75 Å². The van der Waals surface area contributed by atoms with E-state index in [1.807, 2.05) is 31.3 Å². The Hall–Kier alpha value is -0.540. The van der Waals surface area contributed by atoms with E-state index in [1.165, 1.54) is 0 Å². The predicted molar refractivity (Wildman–Crippen MR) is 71.9 cm³/mol. The van der Waals surface area contributed by atoms with Gasteiger partial charge in [-0.05, 0) is 44.5 Å². The van der Waals surface area contributed by atoms with Crippen LogP contribution in [0.2, 0.25) is 0 Å². The Labute approximate surface area is 107 Å². The van der Waals surface area contributed by atoms with Crippen molar-refractivity contribution in [3.05, 3.63) is 28.7 Å². The zero-order valence-corrected chi connectivity index (χ0v) is 11.8. The average Bonchev–Trinajstić information content (AvgIpc) is 2.28. The van der Waals surface area contributed by atoms with E-state index in [0.717, 1.165) is 23.2 Å². The molecule has 0 aromatic heterocycles. The molecule has 1 N–H and O–H groups in total. The van der Waals surface area contributed by atoms with Gasteiger partial charge in [-0.25, -0.2) is 0 Å². The van der Waals surface area contributed by atoms with Crippen LogP contribution in [-0.4, -0.2) is 19.7 Å². The van der Waals surface area contributed by atoms with Crippen LogP contribution < -0.4 is 10.1 Å². The fourth-order valence-electron chi connectivity index (χ4n) is 1.45. The molecule has 2 nitrogen and oxygen atoms in total. The fourth-order valence-corrected chi connectivity index (χ4v) is 1.83. The van der Waals surface area contributed by atoms with Crippen LogP contribution in [0.3, 0.4) is 0 Å². The second-order valence-corrected chi connectivity index (χ2v) is 5.06. The van der Waals surface area contributed by atoms with E-state index in [9.17, 15) is 0 Å². The molecule has 90 valence electrons. The molecule has 2 unspecified atom stereocenters. The lowest BCUT2D eigenvalue weighted by atomic mass is 10.0. The normalized spacial score (nSPS) is 14.5. The summed E-state index contributed by atoms with van der Waals surface area (Å²) in [6, 6.07) is 8.49. The first kappa shape index (κ1) is 13.5. The molecule has 0 heterocycles. The summed E-state index contributed by atoms with van der Waals surface area (Å²) < 4.78 is 6.75. The number of hydrogen-bond acceptors (Lipinski definition) is 2. The Morgan fingerprint density at radius 2 is 2.12 bits per heavy atom. The zero-order valence-electron chi connectivity index (χ0n) is 10.2. The van der Waals surface area contributed by atoms with Crippen molar-refractivity contribution in [3.63, 3.8) is 0 Å². The summed E-state index contributed by atoms with van der Waals surface area (Å²) in [7, 11) is 2.00. The number of hydrogen-bond donors (Lipinski definition) is 1. The van der Waals surface area contributed by atoms with Gasteiger partial charge in [0.25, 0.3) is 0 Å². The van der Waals surface area contributed by atoms with Crippen LogP contribution in [-0.2, 0) is 0 Å². The highest BCUT2D eigenvalue weighted by atomic mass is 79.9. The molecule has 0 fully saturated rings. The molecule has 1 aromatic carbocycles. The lowest BCUT2D eigenvalue weighted by Crippen LogP contribution is -2.29. The largest absolute Gasteiger partial charge is 0.494 e. The van der Waals surface area contributed by atoms with E-state index in [1.54, 1.807) is 0 Å². The molecule has 0 bridgehead atoms. The second kappa shape index (κ2) is 6.92. The molecule has 1 aromatic rings. The van der Waals surface area contributed by atoms with Crippen molar-refractivity contribution >= 4 is 15.9 Å². The van der Waals surface area contributed by atoms with E-state index >= 15 is 0 Å². The molecular formula is C13H20BrNO. The maximum atomic E-state index is 5.69. The highest BCUT2D eigenvalue weighted by molar-refractivity contribution is 9.10. The first-order valence-corrected chi connectivity index (χ1v) is 6.48. The van der Waals surface area contributed by atoms with E-state index in [0.29, 0.717) is 12.0 Å². The lowest BCUT2D eigenvalue weighted by Gasteiger charge is -2.19. The molecular weight excluding hydrogens is 266 g/mol. The second-order valence-electron chi connectivity index (χ2n) is 4.15. The summed E-state index contributed by atoms with van der Waals surface area (Å²) >= 11 is 3.43. The molecule has 1 rings (SSSR count). The van der Waals surface area contributed by atoms with Gasteiger partial charge in [-0.3, -0.25) is 0 Å². The molecule has 3 heteroatoms. The summed E-state index contributed by atoms with van der Waals surface area (Å²) in [6.45, 7) is 5.21. The molecule has 0 radical (unpaired) electrons. The van der Waals surface area contributed by atoms with Crippen molar-refractivity contribution in [2.45, 2.75) is 26.3 Å². The van der Waals surface area contributed by atoms with Crippen LogP contribution in [0.5, 0.6) is 5.75 Å². The van der Waals surface area contributed by atoms with Crippen LogP contribution >= 0.6 is 15.9 Å². The van der Waals surface area contributed by atoms with Gasteiger partial charge in [0.1, 0.15) is 5.75 Å². The summed E-state index contributed by atoms with van der Waals surface area (Å²) in [5.41, 5.74) is 0. The van der Waals surface area contributed by atoms with E-state index in [-0.39, 0.29) is 0 Å². The van der Waals surface area contributed by atoms with Gasteiger partial charge in [-0.2, -0.15) is 0 Å². The lowest BCUT2D eigenvalue weighted by molar-refractivity contribution is 0.264. The van der Waals surface area contributed by atoms with Gasteiger partial charge in [0, 0.05) is 10.5 Å². The summed E-state index contributed by atoms with van der Waals surface area (Å²) in [5, 5.41) is 3.26. The van der Waals surface area contributed by atoms with Crippen molar-refractivity contribution in [1.29, 1.82) is 0 Å². The zero-order chi connectivity index (χ0) is 12.0. The number of rotatable bonds is 6. The van der Waals surface area contributed by atoms with Crippen LogP contribution in [0, 0.1) is 5.92 Å². The van der Waals surface area contributed by atoms with Crippen LogP contribution in [0.15, 0.2) is 28.7 Å². The highest BCUT2D eigenvalue weighted by Gasteiger charge is 2.09. The number of nitrogens with one attached hydrogen (secondary N) is 1.